The van der Waals surface area contributed by atoms with Gasteiger partial charge in [-0.25, -0.2) is 13.4 Å². The molecule has 0 radical (unpaired) electrons. The second-order valence-electron chi connectivity index (χ2n) is 4.74. The van der Waals surface area contributed by atoms with Crippen LogP contribution >= 0.6 is 11.3 Å². The second-order valence-corrected chi connectivity index (χ2v) is 7.64. The highest BCUT2D eigenvalue weighted by Gasteiger charge is 2.23. The molecule has 0 fully saturated rings. The lowest BCUT2D eigenvalue weighted by Gasteiger charge is -2.16. The fourth-order valence-electron chi connectivity index (χ4n) is 1.74. The fourth-order valence-corrected chi connectivity index (χ4v) is 3.57. The van der Waals surface area contributed by atoms with Gasteiger partial charge in [-0.2, -0.15) is 9.57 Å². The van der Waals surface area contributed by atoms with Gasteiger partial charge in [0.2, 0.25) is 15.9 Å². The molecule has 1 amide bonds. The first-order valence-corrected chi connectivity index (χ1v) is 8.83. The number of thiazole rings is 1. The normalized spacial score (nSPS) is 11.2. The maximum absolute atomic E-state index is 12.4. The topological polar surface area (TPSA) is 103 Å². The van der Waals surface area contributed by atoms with E-state index in [0.717, 1.165) is 10.00 Å². The number of likely N-dealkylation sites (N-methyl/N-ethyl adjacent to an activating group) is 1. The molecular weight excluding hydrogens is 336 g/mol. The van der Waals surface area contributed by atoms with E-state index < -0.39 is 15.9 Å². The maximum Gasteiger partial charge on any atom is 0.243 e. The van der Waals surface area contributed by atoms with E-state index in [0.29, 0.717) is 10.7 Å². The Morgan fingerprint density at radius 1 is 1.39 bits per heavy atom. The third kappa shape index (κ3) is 4.13. The van der Waals surface area contributed by atoms with Crippen molar-refractivity contribution in [1.29, 1.82) is 5.26 Å². The Kier molecular flexibility index (Phi) is 5.10. The summed E-state index contributed by atoms with van der Waals surface area (Å²) in [4.78, 5) is 16.0. The maximum atomic E-state index is 12.4. The van der Waals surface area contributed by atoms with Crippen molar-refractivity contribution in [2.75, 3.05) is 18.9 Å². The highest BCUT2D eigenvalue weighted by Crippen LogP contribution is 2.16. The van der Waals surface area contributed by atoms with Gasteiger partial charge in [0.25, 0.3) is 0 Å². The van der Waals surface area contributed by atoms with Crippen molar-refractivity contribution in [1.82, 2.24) is 9.29 Å². The molecule has 7 nitrogen and oxygen atoms in total. The first-order valence-electron chi connectivity index (χ1n) is 6.51. The van der Waals surface area contributed by atoms with Gasteiger partial charge in [-0.1, -0.05) is 0 Å². The summed E-state index contributed by atoms with van der Waals surface area (Å²) >= 11 is 1.27. The number of carbonyl (C=O) groups is 1. The Labute approximate surface area is 138 Å². The molecule has 0 aliphatic heterocycles. The van der Waals surface area contributed by atoms with Gasteiger partial charge >= 0.3 is 0 Å². The standard InChI is InChI=1S/C14H14N4O3S2/c1-10-9-22-14(16-10)17-13(19)8-18(2)23(20,21)12-5-3-11(7-15)4-6-12/h3-6,9H,8H2,1-2H3,(H,16,17,19). The molecule has 9 heteroatoms. The van der Waals surface area contributed by atoms with Gasteiger partial charge in [0.15, 0.2) is 5.13 Å². The minimum Gasteiger partial charge on any atom is -0.301 e. The van der Waals surface area contributed by atoms with Crippen LogP contribution in [0.4, 0.5) is 5.13 Å². The molecule has 0 spiro atoms. The average Bonchev–Trinajstić information content (AvgIpc) is 2.92. The van der Waals surface area contributed by atoms with E-state index in [9.17, 15) is 13.2 Å². The summed E-state index contributed by atoms with van der Waals surface area (Å²) in [6.45, 7) is 1.47. The molecular formula is C14H14N4O3S2. The van der Waals surface area contributed by atoms with E-state index >= 15 is 0 Å². The number of hydrogen-bond donors (Lipinski definition) is 1. The van der Waals surface area contributed by atoms with Crippen molar-refractivity contribution < 1.29 is 13.2 Å². The number of rotatable bonds is 5. The number of anilines is 1. The molecule has 0 aliphatic rings. The quantitative estimate of drug-likeness (QED) is 0.882. The van der Waals surface area contributed by atoms with Crippen LogP contribution in [0.3, 0.4) is 0 Å². The molecule has 1 aromatic carbocycles. The SMILES string of the molecule is Cc1csc(NC(=O)CN(C)S(=O)(=O)c2ccc(C#N)cc2)n1. The van der Waals surface area contributed by atoms with E-state index in [1.54, 1.807) is 12.3 Å². The molecule has 0 saturated carbocycles. The lowest BCUT2D eigenvalue weighted by molar-refractivity contribution is -0.116. The number of nitrogens with zero attached hydrogens (tertiary/aromatic N) is 3. The van der Waals surface area contributed by atoms with E-state index in [-0.39, 0.29) is 11.4 Å². The predicted octanol–water partition coefficient (Wildman–Crippen LogP) is 1.58. The Morgan fingerprint density at radius 2 is 2.04 bits per heavy atom. The van der Waals surface area contributed by atoms with E-state index in [4.69, 9.17) is 5.26 Å². The zero-order valence-electron chi connectivity index (χ0n) is 12.5. The number of amides is 1. The average molecular weight is 350 g/mol. The van der Waals surface area contributed by atoms with Crippen molar-refractivity contribution in [2.24, 2.45) is 0 Å². The first kappa shape index (κ1) is 17.1. The van der Waals surface area contributed by atoms with Crippen LogP contribution in [0.15, 0.2) is 34.5 Å². The Morgan fingerprint density at radius 3 is 2.57 bits per heavy atom. The lowest BCUT2D eigenvalue weighted by Crippen LogP contribution is -2.34. The summed E-state index contributed by atoms with van der Waals surface area (Å²) in [5, 5.41) is 13.5. The van der Waals surface area contributed by atoms with Crippen LogP contribution in [0.5, 0.6) is 0 Å². The lowest BCUT2D eigenvalue weighted by atomic mass is 10.2. The zero-order valence-corrected chi connectivity index (χ0v) is 14.1. The van der Waals surface area contributed by atoms with E-state index in [2.05, 4.69) is 10.3 Å². The summed E-state index contributed by atoms with van der Waals surface area (Å²) in [6.07, 6.45) is 0. The highest BCUT2D eigenvalue weighted by molar-refractivity contribution is 7.89. The first-order chi connectivity index (χ1) is 10.8. The summed E-state index contributed by atoms with van der Waals surface area (Å²) in [5.41, 5.74) is 1.15. The summed E-state index contributed by atoms with van der Waals surface area (Å²) in [6, 6.07) is 7.43. The number of carbonyl (C=O) groups excluding carboxylic acids is 1. The molecule has 0 saturated heterocycles. The summed E-state index contributed by atoms with van der Waals surface area (Å²) in [7, 11) is -2.48. The predicted molar refractivity (Wildman–Crippen MR) is 86.5 cm³/mol. The highest BCUT2D eigenvalue weighted by atomic mass is 32.2. The summed E-state index contributed by atoms with van der Waals surface area (Å²) < 4.78 is 25.7. The van der Waals surface area contributed by atoms with Crippen LogP contribution in [0.2, 0.25) is 0 Å². The third-order valence-corrected chi connectivity index (χ3v) is 5.62. The van der Waals surface area contributed by atoms with Crippen LogP contribution < -0.4 is 5.32 Å². The van der Waals surface area contributed by atoms with Gasteiger partial charge in [0.05, 0.1) is 28.8 Å². The van der Waals surface area contributed by atoms with Crippen LogP contribution in [-0.4, -0.2) is 37.2 Å². The van der Waals surface area contributed by atoms with Gasteiger partial charge in [-0.15, -0.1) is 11.3 Å². The van der Waals surface area contributed by atoms with Crippen molar-refractivity contribution in [3.8, 4) is 6.07 Å². The second kappa shape index (κ2) is 6.87. The fraction of sp³-hybridized carbons (Fsp3) is 0.214. The van der Waals surface area contributed by atoms with Crippen LogP contribution in [0.25, 0.3) is 0 Å². The molecule has 1 N–H and O–H groups in total. The molecule has 1 heterocycles. The van der Waals surface area contributed by atoms with Gasteiger partial charge in [-0.05, 0) is 31.2 Å². The molecule has 1 aromatic heterocycles. The number of benzene rings is 1. The van der Waals surface area contributed by atoms with Crippen LogP contribution in [-0.2, 0) is 14.8 Å². The zero-order chi connectivity index (χ0) is 17.0. The largest absolute Gasteiger partial charge is 0.301 e. The molecule has 0 unspecified atom stereocenters. The molecule has 23 heavy (non-hydrogen) atoms. The molecule has 0 bridgehead atoms. The number of aryl methyl sites for hydroxylation is 1. The Balaban J connectivity index is 2.07. The van der Waals surface area contributed by atoms with Crippen LogP contribution in [0.1, 0.15) is 11.3 Å². The minimum atomic E-state index is -3.80. The Hall–Kier alpha value is -2.28. The van der Waals surface area contributed by atoms with E-state index in [1.807, 2.05) is 6.07 Å². The third-order valence-electron chi connectivity index (χ3n) is 2.92. The van der Waals surface area contributed by atoms with Crippen LogP contribution in [0, 0.1) is 18.3 Å². The van der Waals surface area contributed by atoms with Gasteiger partial charge in [-0.3, -0.25) is 4.79 Å². The number of nitriles is 1. The molecule has 120 valence electrons. The Bertz CT molecular complexity index is 851. The van der Waals surface area contributed by atoms with Crippen molar-refractivity contribution in [2.45, 2.75) is 11.8 Å². The van der Waals surface area contributed by atoms with Gasteiger partial charge in [0, 0.05) is 12.4 Å². The van der Waals surface area contributed by atoms with Gasteiger partial charge < -0.3 is 5.32 Å². The number of nitrogens with one attached hydrogen (secondary N) is 1. The summed E-state index contributed by atoms with van der Waals surface area (Å²) in [5.74, 6) is -0.473. The molecule has 0 aliphatic carbocycles. The molecule has 0 atom stereocenters. The smallest absolute Gasteiger partial charge is 0.243 e. The number of aromatic nitrogens is 1. The number of hydrogen-bond acceptors (Lipinski definition) is 6. The minimum absolute atomic E-state index is 0.0249. The number of sulfonamides is 1. The van der Waals surface area contributed by atoms with Gasteiger partial charge in [0.1, 0.15) is 0 Å². The monoisotopic (exact) mass is 350 g/mol. The van der Waals surface area contributed by atoms with E-state index in [1.165, 1.54) is 42.6 Å². The molecule has 2 aromatic rings. The van der Waals surface area contributed by atoms with Crippen molar-refractivity contribution >= 4 is 32.4 Å². The van der Waals surface area contributed by atoms with Crippen molar-refractivity contribution in [3.05, 3.63) is 40.9 Å². The van der Waals surface area contributed by atoms with Crippen molar-refractivity contribution in [3.63, 3.8) is 0 Å². The molecule has 2 rings (SSSR count).